The molecule has 6 nitrogen and oxygen atoms in total. The maximum Gasteiger partial charge on any atom is 0.139 e. The van der Waals surface area contributed by atoms with Crippen LogP contribution in [0, 0.1) is 0 Å². The van der Waals surface area contributed by atoms with Crippen molar-refractivity contribution in [2.45, 2.75) is 26.7 Å². The van der Waals surface area contributed by atoms with Crippen molar-refractivity contribution >= 4 is 28.9 Å². The third-order valence-electron chi connectivity index (χ3n) is 4.32. The summed E-state index contributed by atoms with van der Waals surface area (Å²) in [5.41, 5.74) is 2.02. The molecule has 2 aromatic rings. The Balaban J connectivity index is 2.26. The van der Waals surface area contributed by atoms with E-state index in [0.29, 0.717) is 33.7 Å². The molecule has 28 heavy (non-hydrogen) atoms. The number of benzene rings is 1. The first-order valence-corrected chi connectivity index (χ1v) is 10.2. The van der Waals surface area contributed by atoms with Gasteiger partial charge in [0, 0.05) is 25.4 Å². The van der Waals surface area contributed by atoms with Crippen molar-refractivity contribution in [1.29, 1.82) is 0 Å². The number of nitrogens with zero attached hydrogens (tertiary/aromatic N) is 4. The molecule has 2 rings (SSSR count). The summed E-state index contributed by atoms with van der Waals surface area (Å²) in [5.74, 6) is 0.510. The van der Waals surface area contributed by atoms with Crippen molar-refractivity contribution in [1.82, 2.24) is 14.7 Å². The number of halogens is 2. The highest BCUT2D eigenvalue weighted by Gasteiger charge is 2.19. The molecule has 0 saturated heterocycles. The van der Waals surface area contributed by atoms with Crippen LogP contribution in [0.3, 0.4) is 0 Å². The maximum atomic E-state index is 6.50. The van der Waals surface area contributed by atoms with Crippen LogP contribution in [0.5, 0.6) is 5.75 Å². The van der Waals surface area contributed by atoms with E-state index in [4.69, 9.17) is 32.8 Å². The van der Waals surface area contributed by atoms with Crippen LogP contribution in [0.4, 0.5) is 0 Å². The van der Waals surface area contributed by atoms with E-state index >= 15 is 0 Å². The summed E-state index contributed by atoms with van der Waals surface area (Å²) >= 11 is 12.8. The summed E-state index contributed by atoms with van der Waals surface area (Å²) in [6.45, 7) is 7.77. The third kappa shape index (κ3) is 5.63. The average molecular weight is 427 g/mol. The van der Waals surface area contributed by atoms with Gasteiger partial charge in [-0.15, -0.1) is 0 Å². The number of hydrogen-bond donors (Lipinski definition) is 0. The monoisotopic (exact) mass is 426 g/mol. The zero-order chi connectivity index (χ0) is 20.5. The van der Waals surface area contributed by atoms with Crippen molar-refractivity contribution in [3.63, 3.8) is 0 Å². The van der Waals surface area contributed by atoms with E-state index in [1.165, 1.54) is 0 Å². The minimum absolute atomic E-state index is 0.341. The highest BCUT2D eigenvalue weighted by Crippen LogP contribution is 2.35. The zero-order valence-corrected chi connectivity index (χ0v) is 18.4. The molecule has 0 atom stereocenters. The molecular weight excluding hydrogens is 399 g/mol. The summed E-state index contributed by atoms with van der Waals surface area (Å²) in [6, 6.07) is 5.44. The third-order valence-corrected chi connectivity index (χ3v) is 5.18. The Kier molecular flexibility index (Phi) is 9.09. The van der Waals surface area contributed by atoms with E-state index in [1.54, 1.807) is 24.1 Å². The molecule has 0 unspecified atom stereocenters. The topological polar surface area (TPSA) is 51.9 Å². The number of ether oxygens (including phenoxy) is 1. The Bertz CT molecular complexity index is 787. The second-order valence-electron chi connectivity index (χ2n) is 6.40. The summed E-state index contributed by atoms with van der Waals surface area (Å²) in [4.78, 5) is 8.05. The second-order valence-corrected chi connectivity index (χ2v) is 7.15. The van der Waals surface area contributed by atoms with Crippen LogP contribution in [0.2, 0.25) is 10.0 Å². The van der Waals surface area contributed by atoms with E-state index in [-0.39, 0.29) is 0 Å². The lowest BCUT2D eigenvalue weighted by Gasteiger charge is -2.20. The lowest BCUT2D eigenvalue weighted by atomic mass is 10.1. The Morgan fingerprint density at radius 3 is 2.39 bits per heavy atom. The van der Waals surface area contributed by atoms with E-state index < -0.39 is 0 Å². The quantitative estimate of drug-likeness (QED) is 0.298. The van der Waals surface area contributed by atoms with Crippen LogP contribution < -0.4 is 4.74 Å². The van der Waals surface area contributed by atoms with Crippen LogP contribution in [-0.2, 0) is 11.9 Å². The van der Waals surface area contributed by atoms with Gasteiger partial charge in [-0.2, -0.15) is 5.10 Å². The van der Waals surface area contributed by atoms with Crippen molar-refractivity contribution in [3.8, 4) is 5.75 Å². The van der Waals surface area contributed by atoms with Gasteiger partial charge in [0.25, 0.3) is 0 Å². The molecule has 0 bridgehead atoms. The van der Waals surface area contributed by atoms with Gasteiger partial charge >= 0.3 is 0 Å². The van der Waals surface area contributed by atoms with Gasteiger partial charge in [-0.25, -0.2) is 0 Å². The number of rotatable bonds is 11. The first-order valence-electron chi connectivity index (χ1n) is 9.46. The van der Waals surface area contributed by atoms with Gasteiger partial charge in [-0.3, -0.25) is 9.58 Å². The molecule has 1 aromatic heterocycles. The first kappa shape index (κ1) is 22.5. The fourth-order valence-electron chi connectivity index (χ4n) is 2.96. The highest BCUT2D eigenvalue weighted by atomic mass is 35.5. The molecule has 1 heterocycles. The normalized spacial score (nSPS) is 11.9. The molecule has 0 N–H and O–H groups in total. The average Bonchev–Trinajstić information content (AvgIpc) is 3.10. The van der Waals surface area contributed by atoms with E-state index in [1.807, 2.05) is 19.2 Å². The maximum absolute atomic E-state index is 6.50. The minimum Gasteiger partial charge on any atom is -0.495 e. The Morgan fingerprint density at radius 1 is 1.11 bits per heavy atom. The van der Waals surface area contributed by atoms with Gasteiger partial charge in [-0.1, -0.05) is 42.2 Å². The van der Waals surface area contributed by atoms with Gasteiger partial charge in [0.05, 0.1) is 17.8 Å². The van der Waals surface area contributed by atoms with Crippen LogP contribution >= 0.6 is 23.2 Å². The van der Waals surface area contributed by atoms with E-state index in [2.05, 4.69) is 29.0 Å². The van der Waals surface area contributed by atoms with Crippen LogP contribution in [-0.4, -0.2) is 53.7 Å². The van der Waals surface area contributed by atoms with E-state index in [0.717, 1.165) is 38.2 Å². The Morgan fingerprint density at radius 2 is 1.82 bits per heavy atom. The second kappa shape index (κ2) is 11.3. The Labute approximate surface area is 177 Å². The summed E-state index contributed by atoms with van der Waals surface area (Å²) < 4.78 is 6.95. The first-order chi connectivity index (χ1) is 13.5. The van der Waals surface area contributed by atoms with Crippen molar-refractivity contribution in [3.05, 3.63) is 45.7 Å². The smallest absolute Gasteiger partial charge is 0.139 e. The van der Waals surface area contributed by atoms with Crippen LogP contribution in [0.25, 0.3) is 0 Å². The lowest BCUT2D eigenvalue weighted by Crippen LogP contribution is -2.29. The molecule has 0 aliphatic heterocycles. The number of aromatic nitrogens is 2. The predicted molar refractivity (Wildman–Crippen MR) is 115 cm³/mol. The molecule has 154 valence electrons. The largest absolute Gasteiger partial charge is 0.495 e. The van der Waals surface area contributed by atoms with Crippen molar-refractivity contribution < 1.29 is 9.57 Å². The minimum atomic E-state index is 0.341. The molecule has 0 aliphatic carbocycles. The van der Waals surface area contributed by atoms with Gasteiger partial charge in [-0.05, 0) is 44.1 Å². The molecule has 0 fully saturated rings. The fourth-order valence-corrected chi connectivity index (χ4v) is 3.45. The van der Waals surface area contributed by atoms with Gasteiger partial charge in [0.1, 0.15) is 23.1 Å². The van der Waals surface area contributed by atoms with Gasteiger partial charge < -0.3 is 9.57 Å². The summed E-state index contributed by atoms with van der Waals surface area (Å²) in [7, 11) is 3.39. The summed E-state index contributed by atoms with van der Waals surface area (Å²) in [6.07, 6.45) is 3.93. The molecule has 0 spiro atoms. The number of oxime groups is 1. The van der Waals surface area contributed by atoms with E-state index in [9.17, 15) is 0 Å². The molecule has 0 aliphatic rings. The SMILES string of the molecule is CCCN(CCC)CCO/N=C(/c1ccc(OC)c(Cl)c1Cl)c1ccnn1C. The lowest BCUT2D eigenvalue weighted by molar-refractivity contribution is 0.110. The number of aryl methyl sites for hydroxylation is 1. The van der Waals surface area contributed by atoms with Crippen LogP contribution in [0.1, 0.15) is 37.9 Å². The zero-order valence-electron chi connectivity index (χ0n) is 16.9. The standard InChI is InChI=1S/C20H28Cl2N4O2/c1-5-11-26(12-6-2)13-14-28-24-20(16-9-10-23-25(16)3)15-7-8-17(27-4)19(22)18(15)21/h7-10H,5-6,11-14H2,1-4H3/b24-20-. The molecule has 0 saturated carbocycles. The number of hydrogen-bond acceptors (Lipinski definition) is 5. The Hall–Kier alpha value is -1.76. The van der Waals surface area contributed by atoms with Gasteiger partial charge in [0.2, 0.25) is 0 Å². The highest BCUT2D eigenvalue weighted by molar-refractivity contribution is 6.45. The fraction of sp³-hybridized carbons (Fsp3) is 0.500. The number of methoxy groups -OCH3 is 1. The van der Waals surface area contributed by atoms with Crippen molar-refractivity contribution in [2.24, 2.45) is 12.2 Å². The molecule has 8 heteroatoms. The summed E-state index contributed by atoms with van der Waals surface area (Å²) in [5, 5.41) is 9.32. The molecular formula is C20H28Cl2N4O2. The molecule has 1 aromatic carbocycles. The van der Waals surface area contributed by atoms with Crippen molar-refractivity contribution in [2.75, 3.05) is 33.4 Å². The molecule has 0 radical (unpaired) electrons. The van der Waals surface area contributed by atoms with Gasteiger partial charge in [0.15, 0.2) is 0 Å². The predicted octanol–water partition coefficient (Wildman–Crippen LogP) is 4.63. The van der Waals surface area contributed by atoms with Crippen LogP contribution in [0.15, 0.2) is 29.6 Å². The molecule has 0 amide bonds.